The minimum Gasteiger partial charge on any atom is -0.378 e. The summed E-state index contributed by atoms with van der Waals surface area (Å²) in [5, 5.41) is 25.9. The summed E-state index contributed by atoms with van der Waals surface area (Å²) in [6, 6.07) is 38.6. The Balaban J connectivity index is 1.59. The molecular weight excluding hydrogens is 484 g/mol. The molecule has 0 amide bonds. The van der Waals surface area contributed by atoms with Crippen LogP contribution in [0.5, 0.6) is 0 Å². The van der Waals surface area contributed by atoms with Crippen molar-refractivity contribution >= 4 is 0 Å². The van der Waals surface area contributed by atoms with Gasteiger partial charge in [-0.2, -0.15) is 0 Å². The third-order valence-corrected chi connectivity index (χ3v) is 8.50. The fourth-order valence-corrected chi connectivity index (χ4v) is 6.49. The van der Waals surface area contributed by atoms with Crippen LogP contribution < -0.4 is 0 Å². The van der Waals surface area contributed by atoms with Crippen LogP contribution in [0.2, 0.25) is 0 Å². The zero-order valence-electron chi connectivity index (χ0n) is 22.2. The van der Waals surface area contributed by atoms with E-state index in [9.17, 15) is 10.2 Å². The molecule has 0 radical (unpaired) electrons. The van der Waals surface area contributed by atoms with Gasteiger partial charge < -0.3 is 19.7 Å². The summed E-state index contributed by atoms with van der Waals surface area (Å²) in [5.74, 6) is -0.888. The Morgan fingerprint density at radius 3 is 1.03 bits per heavy atom. The van der Waals surface area contributed by atoms with E-state index < -0.39 is 29.2 Å². The molecule has 0 unspecified atom stereocenters. The van der Waals surface area contributed by atoms with E-state index in [4.69, 9.17) is 9.47 Å². The van der Waals surface area contributed by atoms with Crippen molar-refractivity contribution in [2.45, 2.75) is 67.7 Å². The highest BCUT2D eigenvalue weighted by Crippen LogP contribution is 2.53. The minimum absolute atomic E-state index is 0.698. The third-order valence-electron chi connectivity index (χ3n) is 8.50. The Morgan fingerprint density at radius 1 is 0.462 bits per heavy atom. The normalized spacial score (nSPS) is 21.5. The number of hydrogen-bond donors (Lipinski definition) is 2. The van der Waals surface area contributed by atoms with Gasteiger partial charge in [-0.25, -0.2) is 0 Å². The van der Waals surface area contributed by atoms with Crippen molar-refractivity contribution in [3.63, 3.8) is 0 Å². The molecule has 4 heteroatoms. The smallest absolute Gasteiger partial charge is 0.169 e. The van der Waals surface area contributed by atoms with Crippen LogP contribution in [-0.2, 0) is 20.7 Å². The molecular formula is C35H36O4. The predicted molar refractivity (Wildman–Crippen MR) is 152 cm³/mol. The maximum atomic E-state index is 12.9. The van der Waals surface area contributed by atoms with E-state index in [1.165, 1.54) is 0 Å². The molecule has 4 aromatic rings. The minimum atomic E-state index is -1.58. The van der Waals surface area contributed by atoms with Crippen molar-refractivity contribution in [2.24, 2.45) is 0 Å². The molecule has 1 heterocycles. The molecule has 1 aliphatic heterocycles. The topological polar surface area (TPSA) is 58.9 Å². The Kier molecular flexibility index (Phi) is 7.13. The van der Waals surface area contributed by atoms with Crippen LogP contribution in [0.4, 0.5) is 0 Å². The van der Waals surface area contributed by atoms with E-state index in [1.54, 1.807) is 0 Å². The number of aliphatic hydroxyl groups is 2. The second kappa shape index (κ2) is 10.7. The van der Waals surface area contributed by atoms with Crippen LogP contribution in [0.3, 0.4) is 0 Å². The molecule has 0 bridgehead atoms. The van der Waals surface area contributed by atoms with Gasteiger partial charge in [0.05, 0.1) is 0 Å². The van der Waals surface area contributed by atoms with Crippen LogP contribution in [0.25, 0.3) is 0 Å². The summed E-state index contributed by atoms with van der Waals surface area (Å²) in [4.78, 5) is 0. The van der Waals surface area contributed by atoms with Crippen molar-refractivity contribution < 1.29 is 19.7 Å². The second-order valence-corrected chi connectivity index (χ2v) is 10.9. The molecule has 1 saturated heterocycles. The van der Waals surface area contributed by atoms with Crippen LogP contribution in [-0.4, -0.2) is 28.2 Å². The van der Waals surface area contributed by atoms with E-state index in [0.29, 0.717) is 22.3 Å². The average molecular weight is 521 g/mol. The van der Waals surface area contributed by atoms with Gasteiger partial charge in [-0.15, -0.1) is 0 Å². The van der Waals surface area contributed by atoms with E-state index in [1.807, 2.05) is 121 Å². The molecule has 0 aromatic heterocycles. The first-order valence-corrected chi connectivity index (χ1v) is 14.1. The fraction of sp³-hybridized carbons (Fsp3) is 0.314. The van der Waals surface area contributed by atoms with Crippen molar-refractivity contribution in [3.05, 3.63) is 144 Å². The second-order valence-electron chi connectivity index (χ2n) is 10.9. The monoisotopic (exact) mass is 520 g/mol. The summed E-state index contributed by atoms with van der Waals surface area (Å²) in [6.45, 7) is 0. The molecule has 4 aromatic carbocycles. The van der Waals surface area contributed by atoms with Gasteiger partial charge in [-0.1, -0.05) is 134 Å². The van der Waals surface area contributed by atoms with Crippen LogP contribution in [0.1, 0.15) is 60.8 Å². The van der Waals surface area contributed by atoms with E-state index in [2.05, 4.69) is 0 Å². The molecule has 1 aliphatic carbocycles. The lowest BCUT2D eigenvalue weighted by Crippen LogP contribution is -2.54. The van der Waals surface area contributed by atoms with Crippen LogP contribution in [0.15, 0.2) is 121 Å². The zero-order chi connectivity index (χ0) is 26.8. The summed E-state index contributed by atoms with van der Waals surface area (Å²) in [6.07, 6.45) is 3.84. The first-order valence-electron chi connectivity index (χ1n) is 14.1. The Bertz CT molecular complexity index is 1150. The van der Waals surface area contributed by atoms with Crippen LogP contribution in [0, 0.1) is 0 Å². The fourth-order valence-electron chi connectivity index (χ4n) is 6.49. The van der Waals surface area contributed by atoms with Gasteiger partial charge in [-0.05, 0) is 35.1 Å². The van der Waals surface area contributed by atoms with Crippen molar-refractivity contribution in [2.75, 3.05) is 0 Å². The summed E-state index contributed by atoms with van der Waals surface area (Å²) < 4.78 is 14.0. The molecule has 4 nitrogen and oxygen atoms in total. The lowest BCUT2D eigenvalue weighted by atomic mass is 9.72. The molecule has 2 N–H and O–H groups in total. The Labute approximate surface area is 230 Å². The van der Waals surface area contributed by atoms with Gasteiger partial charge in [0.2, 0.25) is 0 Å². The zero-order valence-corrected chi connectivity index (χ0v) is 22.2. The highest BCUT2D eigenvalue weighted by atomic mass is 16.8. The molecule has 2 fully saturated rings. The van der Waals surface area contributed by atoms with Gasteiger partial charge in [-0.3, -0.25) is 0 Å². The van der Waals surface area contributed by atoms with Crippen molar-refractivity contribution in [3.8, 4) is 0 Å². The lowest BCUT2D eigenvalue weighted by Gasteiger charge is -2.42. The number of benzene rings is 4. The average Bonchev–Trinajstić information content (AvgIpc) is 3.25. The number of hydrogen-bond acceptors (Lipinski definition) is 4. The van der Waals surface area contributed by atoms with E-state index >= 15 is 0 Å². The predicted octanol–water partition coefficient (Wildman–Crippen LogP) is 6.69. The summed E-state index contributed by atoms with van der Waals surface area (Å²) in [7, 11) is 0. The van der Waals surface area contributed by atoms with Gasteiger partial charge in [0.15, 0.2) is 5.79 Å². The molecule has 39 heavy (non-hydrogen) atoms. The van der Waals surface area contributed by atoms with Gasteiger partial charge in [0, 0.05) is 12.8 Å². The quantitative estimate of drug-likeness (QED) is 0.297. The highest BCUT2D eigenvalue weighted by Gasteiger charge is 2.63. The maximum absolute atomic E-state index is 12.9. The van der Waals surface area contributed by atoms with Crippen molar-refractivity contribution in [1.82, 2.24) is 0 Å². The number of rotatable bonds is 6. The first kappa shape index (κ1) is 26.0. The summed E-state index contributed by atoms with van der Waals surface area (Å²) in [5.41, 5.74) is -0.373. The molecule has 6 rings (SSSR count). The van der Waals surface area contributed by atoms with Crippen molar-refractivity contribution in [1.29, 1.82) is 0 Å². The standard InChI is InChI=1S/C35H36O4/c36-34(27-17-7-3-8-18-27,28-19-9-4-10-20-28)31-32(39-33(38-31)25-15-1-2-16-26-33)35(37,29-21-11-5-12-22-29)30-23-13-6-14-24-30/h3-14,17-24,31-32,36-37H,1-2,15-16,25-26H2/t31-,32-/m1/s1. The Hall–Kier alpha value is -3.28. The molecule has 1 saturated carbocycles. The first-order chi connectivity index (χ1) is 19.1. The maximum Gasteiger partial charge on any atom is 0.169 e. The highest BCUT2D eigenvalue weighted by molar-refractivity contribution is 5.43. The van der Waals surface area contributed by atoms with Gasteiger partial charge in [0.25, 0.3) is 0 Å². The van der Waals surface area contributed by atoms with Crippen LogP contribution >= 0.6 is 0 Å². The number of ether oxygens (including phenoxy) is 2. The Morgan fingerprint density at radius 2 is 0.744 bits per heavy atom. The SMILES string of the molecule is OC(c1ccccc1)(c1ccccc1)[C@@H]1OC2(CCCCCC2)O[C@H]1C(O)(c1ccccc1)c1ccccc1. The third kappa shape index (κ3) is 4.62. The molecule has 1 spiro atoms. The lowest BCUT2D eigenvalue weighted by molar-refractivity contribution is -0.204. The van der Waals surface area contributed by atoms with Gasteiger partial charge >= 0.3 is 0 Å². The molecule has 2 atom stereocenters. The van der Waals surface area contributed by atoms with E-state index in [-0.39, 0.29) is 0 Å². The van der Waals surface area contributed by atoms with E-state index in [0.717, 1.165) is 38.5 Å². The molecule has 200 valence electrons. The molecule has 2 aliphatic rings. The van der Waals surface area contributed by atoms with Gasteiger partial charge in [0.1, 0.15) is 23.4 Å². The largest absolute Gasteiger partial charge is 0.378 e. The summed E-state index contributed by atoms with van der Waals surface area (Å²) >= 11 is 0.